The second-order valence-electron chi connectivity index (χ2n) is 6.71. The molecule has 4 rings (SSSR count). The Hall–Kier alpha value is -2.86. The van der Waals surface area contributed by atoms with Crippen LogP contribution in [0.2, 0.25) is 0 Å². The Morgan fingerprint density at radius 2 is 1.81 bits per heavy atom. The minimum Gasteiger partial charge on any atom is -0.306 e. The fraction of sp³-hybridized carbons (Fsp3) is 0.190. The third-order valence-electron chi connectivity index (χ3n) is 4.69. The molecule has 0 radical (unpaired) electrons. The van der Waals surface area contributed by atoms with E-state index in [9.17, 15) is 9.59 Å². The molecule has 0 aliphatic rings. The lowest BCUT2D eigenvalue weighted by Gasteiger charge is -2.12. The number of aryl methyl sites for hydroxylation is 2. The molecule has 2 heterocycles. The van der Waals surface area contributed by atoms with Gasteiger partial charge in [0.15, 0.2) is 5.78 Å². The van der Waals surface area contributed by atoms with E-state index in [2.05, 4.69) is 23.0 Å². The second kappa shape index (κ2) is 6.70. The Morgan fingerprint density at radius 3 is 2.63 bits per heavy atom. The molecule has 27 heavy (non-hydrogen) atoms. The SMILES string of the molecule is Cc1cc(SC(C)C(=O)c2ccc3[nH]c(=O)[nH]c3c2)nc2c(C)cccc12. The number of carbonyl (C=O) groups excluding carboxylic acids is 1. The van der Waals surface area contributed by atoms with Gasteiger partial charge >= 0.3 is 5.69 Å². The van der Waals surface area contributed by atoms with E-state index in [4.69, 9.17) is 4.98 Å². The Bertz CT molecular complexity index is 1240. The molecule has 1 unspecified atom stereocenters. The molecule has 5 nitrogen and oxygen atoms in total. The van der Waals surface area contributed by atoms with E-state index in [1.165, 1.54) is 11.8 Å². The maximum atomic E-state index is 12.9. The molecule has 2 aromatic heterocycles. The molecule has 0 spiro atoms. The van der Waals surface area contributed by atoms with Crippen LogP contribution in [-0.4, -0.2) is 26.0 Å². The third-order valence-corrected chi connectivity index (χ3v) is 5.71. The average molecular weight is 377 g/mol. The van der Waals surface area contributed by atoms with Gasteiger partial charge in [0, 0.05) is 10.9 Å². The first-order chi connectivity index (χ1) is 12.9. The van der Waals surface area contributed by atoms with Crippen LogP contribution in [-0.2, 0) is 0 Å². The summed E-state index contributed by atoms with van der Waals surface area (Å²) in [6.45, 7) is 6.00. The predicted octanol–water partition coefficient (Wildman–Crippen LogP) is 4.38. The summed E-state index contributed by atoms with van der Waals surface area (Å²) in [5, 5.41) is 1.69. The number of ketones is 1. The highest BCUT2D eigenvalue weighted by Gasteiger charge is 2.19. The average Bonchev–Trinajstić information content (AvgIpc) is 3.01. The normalized spacial score (nSPS) is 12.6. The number of aromatic nitrogens is 3. The molecular weight excluding hydrogens is 358 g/mol. The van der Waals surface area contributed by atoms with Crippen molar-refractivity contribution in [3.63, 3.8) is 0 Å². The zero-order valence-electron chi connectivity index (χ0n) is 15.3. The zero-order chi connectivity index (χ0) is 19.1. The van der Waals surface area contributed by atoms with Crippen molar-refractivity contribution in [2.45, 2.75) is 31.0 Å². The molecule has 0 saturated heterocycles. The molecule has 0 bridgehead atoms. The highest BCUT2D eigenvalue weighted by molar-refractivity contribution is 8.00. The van der Waals surface area contributed by atoms with Gasteiger partial charge in [-0.1, -0.05) is 30.0 Å². The number of rotatable bonds is 4. The van der Waals surface area contributed by atoms with E-state index < -0.39 is 0 Å². The lowest BCUT2D eigenvalue weighted by Crippen LogP contribution is -2.13. The summed E-state index contributed by atoms with van der Waals surface area (Å²) in [6, 6.07) is 13.4. The first kappa shape index (κ1) is 17.5. The molecule has 2 N–H and O–H groups in total. The maximum Gasteiger partial charge on any atom is 0.323 e. The summed E-state index contributed by atoms with van der Waals surface area (Å²) >= 11 is 1.45. The van der Waals surface area contributed by atoms with Gasteiger partial charge in [0.1, 0.15) is 0 Å². The highest BCUT2D eigenvalue weighted by atomic mass is 32.2. The van der Waals surface area contributed by atoms with E-state index in [0.717, 1.165) is 27.1 Å². The van der Waals surface area contributed by atoms with Gasteiger partial charge in [0.05, 0.1) is 26.8 Å². The van der Waals surface area contributed by atoms with Crippen molar-refractivity contribution in [1.82, 2.24) is 15.0 Å². The lowest BCUT2D eigenvalue weighted by atomic mass is 10.1. The molecule has 2 aromatic carbocycles. The van der Waals surface area contributed by atoms with Crippen LogP contribution in [0.5, 0.6) is 0 Å². The molecular formula is C21H19N3O2S. The van der Waals surface area contributed by atoms with Crippen molar-refractivity contribution in [3.8, 4) is 0 Å². The number of imidazole rings is 1. The van der Waals surface area contributed by atoms with E-state index in [0.29, 0.717) is 16.6 Å². The van der Waals surface area contributed by atoms with E-state index in [-0.39, 0.29) is 16.7 Å². The van der Waals surface area contributed by atoms with Crippen molar-refractivity contribution in [3.05, 3.63) is 69.6 Å². The van der Waals surface area contributed by atoms with E-state index in [1.54, 1.807) is 18.2 Å². The third kappa shape index (κ3) is 3.28. The Balaban J connectivity index is 1.63. The molecule has 6 heteroatoms. The maximum absolute atomic E-state index is 12.9. The van der Waals surface area contributed by atoms with Crippen LogP contribution in [0.25, 0.3) is 21.9 Å². The molecule has 1 atom stereocenters. The quantitative estimate of drug-likeness (QED) is 0.408. The number of thioether (sulfide) groups is 1. The number of carbonyl (C=O) groups is 1. The van der Waals surface area contributed by atoms with Gasteiger partial charge in [0.25, 0.3) is 0 Å². The fourth-order valence-electron chi connectivity index (χ4n) is 3.25. The number of nitrogens with zero attached hydrogens (tertiary/aromatic N) is 1. The van der Waals surface area contributed by atoms with Crippen LogP contribution in [0.4, 0.5) is 0 Å². The van der Waals surface area contributed by atoms with Crippen LogP contribution in [0, 0.1) is 13.8 Å². The van der Waals surface area contributed by atoms with Crippen molar-refractivity contribution in [2.75, 3.05) is 0 Å². The molecule has 0 aliphatic carbocycles. The Morgan fingerprint density at radius 1 is 1.04 bits per heavy atom. The molecule has 0 fully saturated rings. The number of benzene rings is 2. The minimum absolute atomic E-state index is 0.00767. The van der Waals surface area contributed by atoms with E-state index in [1.807, 2.05) is 32.0 Å². The number of hydrogen-bond donors (Lipinski definition) is 2. The standard InChI is InChI=1S/C21H19N3O2S/c1-11-5-4-6-15-12(2)9-18(24-19(11)15)27-13(3)20(25)14-7-8-16-17(10-14)23-21(26)22-16/h4-10,13H,1-3H3,(H2,22,23,26). The lowest BCUT2D eigenvalue weighted by molar-refractivity contribution is 0.0994. The van der Waals surface area contributed by atoms with Crippen molar-refractivity contribution < 1.29 is 4.79 Å². The zero-order valence-corrected chi connectivity index (χ0v) is 16.1. The highest BCUT2D eigenvalue weighted by Crippen LogP contribution is 2.29. The monoisotopic (exact) mass is 377 g/mol. The molecule has 4 aromatic rings. The van der Waals surface area contributed by atoms with Gasteiger partial charge in [0.2, 0.25) is 0 Å². The van der Waals surface area contributed by atoms with Crippen LogP contribution >= 0.6 is 11.8 Å². The molecule has 0 saturated carbocycles. The van der Waals surface area contributed by atoms with Crippen molar-refractivity contribution in [2.24, 2.45) is 0 Å². The Labute approximate surface area is 160 Å². The molecule has 0 amide bonds. The molecule has 0 aliphatic heterocycles. The van der Waals surface area contributed by atoms with E-state index >= 15 is 0 Å². The predicted molar refractivity (Wildman–Crippen MR) is 110 cm³/mol. The number of para-hydroxylation sites is 1. The number of fused-ring (bicyclic) bond motifs is 2. The first-order valence-electron chi connectivity index (χ1n) is 8.72. The largest absolute Gasteiger partial charge is 0.323 e. The van der Waals surface area contributed by atoms with Gasteiger partial charge in [-0.05, 0) is 56.2 Å². The van der Waals surface area contributed by atoms with Gasteiger partial charge in [-0.15, -0.1) is 0 Å². The number of aromatic amines is 2. The van der Waals surface area contributed by atoms with Crippen LogP contribution in [0.3, 0.4) is 0 Å². The van der Waals surface area contributed by atoms with Gasteiger partial charge in [-0.2, -0.15) is 0 Å². The summed E-state index contributed by atoms with van der Waals surface area (Å²) in [6.07, 6.45) is 0. The van der Waals surface area contributed by atoms with Crippen LogP contribution in [0.1, 0.15) is 28.4 Å². The summed E-state index contributed by atoms with van der Waals surface area (Å²) in [5.74, 6) is 0.00767. The van der Waals surface area contributed by atoms with Gasteiger partial charge < -0.3 is 9.97 Å². The smallest absolute Gasteiger partial charge is 0.306 e. The van der Waals surface area contributed by atoms with Crippen LogP contribution in [0.15, 0.2) is 52.3 Å². The summed E-state index contributed by atoms with van der Waals surface area (Å²) < 4.78 is 0. The number of Topliss-reactive ketones (excluding diaryl/α,β-unsaturated/α-hetero) is 1. The van der Waals surface area contributed by atoms with Gasteiger partial charge in [-0.3, -0.25) is 4.79 Å². The van der Waals surface area contributed by atoms with Crippen molar-refractivity contribution >= 4 is 39.5 Å². The number of H-pyrrole nitrogens is 2. The number of hydrogen-bond acceptors (Lipinski definition) is 4. The minimum atomic E-state index is -0.290. The first-order valence-corrected chi connectivity index (χ1v) is 9.60. The van der Waals surface area contributed by atoms with Crippen molar-refractivity contribution in [1.29, 1.82) is 0 Å². The fourth-order valence-corrected chi connectivity index (χ4v) is 4.24. The Kier molecular flexibility index (Phi) is 4.36. The summed E-state index contributed by atoms with van der Waals surface area (Å²) in [5.41, 5.74) is 4.88. The summed E-state index contributed by atoms with van der Waals surface area (Å²) in [7, 11) is 0. The van der Waals surface area contributed by atoms with Gasteiger partial charge in [-0.25, -0.2) is 9.78 Å². The van der Waals surface area contributed by atoms with Crippen LogP contribution < -0.4 is 5.69 Å². The molecule has 136 valence electrons. The second-order valence-corrected chi connectivity index (χ2v) is 8.07. The summed E-state index contributed by atoms with van der Waals surface area (Å²) in [4.78, 5) is 34.4. The number of nitrogens with one attached hydrogen (secondary N) is 2. The number of pyridine rings is 1. The topological polar surface area (TPSA) is 78.6 Å².